The minimum atomic E-state index is 0.329. The number of nitrogens with zero attached hydrogens (tertiary/aromatic N) is 1. The first-order chi connectivity index (χ1) is 9.10. The average Bonchev–Trinajstić information content (AvgIpc) is 2.39. The van der Waals surface area contributed by atoms with Crippen molar-refractivity contribution in [3.05, 3.63) is 28.8 Å². The lowest BCUT2D eigenvalue weighted by Gasteiger charge is -2.22. The molecule has 1 atom stereocenters. The van der Waals surface area contributed by atoms with Crippen LogP contribution in [0.25, 0.3) is 0 Å². The monoisotopic (exact) mass is 284 g/mol. The van der Waals surface area contributed by atoms with Crippen LogP contribution in [0.2, 0.25) is 5.02 Å². The number of benzene rings is 1. The number of ether oxygens (including phenoxy) is 1. The number of methoxy groups -OCH3 is 1. The molecule has 0 aromatic heterocycles. The van der Waals surface area contributed by atoms with E-state index in [-0.39, 0.29) is 0 Å². The minimum absolute atomic E-state index is 0.329. The molecule has 0 fully saturated rings. The Bertz CT molecular complexity index is 384. The highest BCUT2D eigenvalue weighted by Gasteiger charge is 2.10. The summed E-state index contributed by atoms with van der Waals surface area (Å²) in [5, 5.41) is 4.20. The van der Waals surface area contributed by atoms with Crippen LogP contribution in [0.5, 0.6) is 0 Å². The van der Waals surface area contributed by atoms with Crippen LogP contribution in [-0.4, -0.2) is 33.9 Å². The molecule has 0 aliphatic heterocycles. The molecule has 0 aliphatic carbocycles. The van der Waals surface area contributed by atoms with Gasteiger partial charge in [0.25, 0.3) is 0 Å². The van der Waals surface area contributed by atoms with Gasteiger partial charge in [0.05, 0.1) is 10.7 Å². The summed E-state index contributed by atoms with van der Waals surface area (Å²) < 4.78 is 5.07. The number of rotatable bonds is 8. The Labute approximate surface area is 121 Å². The number of anilines is 1. The summed E-state index contributed by atoms with van der Waals surface area (Å²) in [4.78, 5) is 2.17. The molecule has 0 aliphatic rings. The predicted molar refractivity (Wildman–Crippen MR) is 83.3 cm³/mol. The van der Waals surface area contributed by atoms with E-state index in [0.29, 0.717) is 6.04 Å². The van der Waals surface area contributed by atoms with Crippen LogP contribution in [0.4, 0.5) is 5.69 Å². The highest BCUT2D eigenvalue weighted by atomic mass is 35.5. The van der Waals surface area contributed by atoms with E-state index < -0.39 is 0 Å². The van der Waals surface area contributed by atoms with E-state index >= 15 is 0 Å². The fourth-order valence-corrected chi connectivity index (χ4v) is 2.43. The molecule has 1 aromatic carbocycles. The van der Waals surface area contributed by atoms with Crippen molar-refractivity contribution in [1.29, 1.82) is 0 Å². The summed E-state index contributed by atoms with van der Waals surface area (Å²) in [6, 6.07) is 6.62. The third kappa shape index (κ3) is 5.01. The molecule has 0 amide bonds. The molecule has 0 heterocycles. The Morgan fingerprint density at radius 1 is 1.42 bits per heavy atom. The summed E-state index contributed by atoms with van der Waals surface area (Å²) in [6.07, 6.45) is 0.999. The lowest BCUT2D eigenvalue weighted by atomic mass is 10.1. The molecule has 1 aromatic rings. The quantitative estimate of drug-likeness (QED) is 0.740. The molecule has 3 nitrogen and oxygen atoms in total. The van der Waals surface area contributed by atoms with E-state index in [9.17, 15) is 0 Å². The molecule has 0 spiro atoms. The first-order valence-electron chi connectivity index (χ1n) is 6.83. The van der Waals surface area contributed by atoms with Gasteiger partial charge in [-0.1, -0.05) is 24.6 Å². The fraction of sp³-hybridized carbons (Fsp3) is 0.600. The van der Waals surface area contributed by atoms with Crippen molar-refractivity contribution < 1.29 is 4.74 Å². The molecule has 0 saturated carbocycles. The molecule has 4 heteroatoms. The van der Waals surface area contributed by atoms with Gasteiger partial charge in [0.2, 0.25) is 0 Å². The van der Waals surface area contributed by atoms with Gasteiger partial charge in [-0.3, -0.25) is 0 Å². The molecular formula is C15H25ClN2O. The lowest BCUT2D eigenvalue weighted by Crippen LogP contribution is -2.21. The van der Waals surface area contributed by atoms with Crippen molar-refractivity contribution in [1.82, 2.24) is 5.32 Å². The van der Waals surface area contributed by atoms with Crippen LogP contribution in [0.15, 0.2) is 18.2 Å². The minimum Gasteiger partial charge on any atom is -0.385 e. The molecule has 19 heavy (non-hydrogen) atoms. The predicted octanol–water partition coefficient (Wildman–Crippen LogP) is 3.48. The zero-order valence-electron chi connectivity index (χ0n) is 12.4. The van der Waals surface area contributed by atoms with Crippen LogP contribution in [0.1, 0.15) is 31.9 Å². The lowest BCUT2D eigenvalue weighted by molar-refractivity contribution is 0.196. The van der Waals surface area contributed by atoms with Crippen LogP contribution in [0.3, 0.4) is 0 Å². The Morgan fingerprint density at radius 3 is 2.74 bits per heavy atom. The maximum Gasteiger partial charge on any atom is 0.0642 e. The zero-order chi connectivity index (χ0) is 14.3. The molecule has 1 rings (SSSR count). The standard InChI is InChI=1S/C15H25ClN2O/c1-5-17-12(2)13-7-8-15(14(16)11-13)18(3)9-6-10-19-4/h7-8,11-12,17H,5-6,9-10H2,1-4H3. The van der Waals surface area contributed by atoms with Gasteiger partial charge in [-0.25, -0.2) is 0 Å². The summed E-state index contributed by atoms with van der Waals surface area (Å²) in [6.45, 7) is 6.93. The topological polar surface area (TPSA) is 24.5 Å². The van der Waals surface area contributed by atoms with Crippen molar-refractivity contribution in [2.45, 2.75) is 26.3 Å². The first kappa shape index (κ1) is 16.3. The van der Waals surface area contributed by atoms with E-state index in [0.717, 1.165) is 36.8 Å². The van der Waals surface area contributed by atoms with Gasteiger partial charge in [0.1, 0.15) is 0 Å². The Balaban J connectivity index is 2.70. The third-order valence-corrected chi connectivity index (χ3v) is 3.54. The molecular weight excluding hydrogens is 260 g/mol. The second kappa shape index (κ2) is 8.41. The van der Waals surface area contributed by atoms with Gasteiger partial charge >= 0.3 is 0 Å². The van der Waals surface area contributed by atoms with Gasteiger partial charge in [0, 0.05) is 33.4 Å². The van der Waals surface area contributed by atoms with Crippen LogP contribution in [-0.2, 0) is 4.74 Å². The molecule has 1 N–H and O–H groups in total. The van der Waals surface area contributed by atoms with E-state index in [4.69, 9.17) is 16.3 Å². The van der Waals surface area contributed by atoms with Crippen LogP contribution >= 0.6 is 11.6 Å². The van der Waals surface area contributed by atoms with E-state index in [1.165, 1.54) is 5.56 Å². The molecule has 0 radical (unpaired) electrons. The van der Waals surface area contributed by atoms with Gasteiger partial charge in [-0.2, -0.15) is 0 Å². The molecule has 108 valence electrons. The second-order valence-electron chi connectivity index (χ2n) is 4.76. The van der Waals surface area contributed by atoms with Crippen molar-refractivity contribution >= 4 is 17.3 Å². The second-order valence-corrected chi connectivity index (χ2v) is 5.17. The van der Waals surface area contributed by atoms with Crippen molar-refractivity contribution in [2.24, 2.45) is 0 Å². The molecule has 0 bridgehead atoms. The van der Waals surface area contributed by atoms with E-state index in [1.807, 2.05) is 0 Å². The van der Waals surface area contributed by atoms with Gasteiger partial charge < -0.3 is 15.0 Å². The first-order valence-corrected chi connectivity index (χ1v) is 7.20. The summed E-state index contributed by atoms with van der Waals surface area (Å²) >= 11 is 6.38. The zero-order valence-corrected chi connectivity index (χ0v) is 13.1. The third-order valence-electron chi connectivity index (χ3n) is 3.24. The largest absolute Gasteiger partial charge is 0.385 e. The molecule has 1 unspecified atom stereocenters. The molecule has 0 saturated heterocycles. The summed E-state index contributed by atoms with van der Waals surface area (Å²) in [5.41, 5.74) is 2.30. The SMILES string of the molecule is CCNC(C)c1ccc(N(C)CCCOC)c(Cl)c1. The van der Waals surface area contributed by atoms with E-state index in [1.54, 1.807) is 7.11 Å². The summed E-state index contributed by atoms with van der Waals surface area (Å²) in [5.74, 6) is 0. The van der Waals surface area contributed by atoms with Gasteiger partial charge in [-0.05, 0) is 37.6 Å². The number of nitrogens with one attached hydrogen (secondary N) is 1. The highest BCUT2D eigenvalue weighted by Crippen LogP contribution is 2.28. The maximum atomic E-state index is 6.38. The van der Waals surface area contributed by atoms with E-state index in [2.05, 4.69) is 49.3 Å². The Kier molecular flexibility index (Phi) is 7.21. The average molecular weight is 285 g/mol. The number of halogens is 1. The highest BCUT2D eigenvalue weighted by molar-refractivity contribution is 6.33. The van der Waals surface area contributed by atoms with Crippen molar-refractivity contribution in [2.75, 3.05) is 38.8 Å². The Morgan fingerprint density at radius 2 is 2.16 bits per heavy atom. The fourth-order valence-electron chi connectivity index (χ4n) is 2.09. The summed E-state index contributed by atoms with van der Waals surface area (Å²) in [7, 11) is 3.79. The normalized spacial score (nSPS) is 12.5. The number of hydrogen-bond acceptors (Lipinski definition) is 3. The van der Waals surface area contributed by atoms with Crippen molar-refractivity contribution in [3.8, 4) is 0 Å². The van der Waals surface area contributed by atoms with Crippen LogP contribution < -0.4 is 10.2 Å². The van der Waals surface area contributed by atoms with Gasteiger partial charge in [-0.15, -0.1) is 0 Å². The van der Waals surface area contributed by atoms with Gasteiger partial charge in [0.15, 0.2) is 0 Å². The van der Waals surface area contributed by atoms with Crippen molar-refractivity contribution in [3.63, 3.8) is 0 Å². The van der Waals surface area contributed by atoms with Crippen LogP contribution in [0, 0.1) is 0 Å². The maximum absolute atomic E-state index is 6.38. The smallest absolute Gasteiger partial charge is 0.0642 e. The number of hydrogen-bond donors (Lipinski definition) is 1. The Hall–Kier alpha value is -0.770.